The van der Waals surface area contributed by atoms with Gasteiger partial charge >= 0.3 is 39.5 Å². The Balaban J connectivity index is 5.21. The van der Waals surface area contributed by atoms with Crippen LogP contribution >= 0.6 is 15.6 Å². The summed E-state index contributed by atoms with van der Waals surface area (Å²) in [4.78, 5) is 72.8. The highest BCUT2D eigenvalue weighted by atomic mass is 31.2. The summed E-state index contributed by atoms with van der Waals surface area (Å²) in [7, 11) is -9.91. The van der Waals surface area contributed by atoms with Crippen LogP contribution in [0.3, 0.4) is 0 Å². The molecule has 0 fully saturated rings. The molecule has 17 nitrogen and oxygen atoms in total. The molecule has 0 heterocycles. The van der Waals surface area contributed by atoms with Crippen LogP contribution in [0.2, 0.25) is 0 Å². The van der Waals surface area contributed by atoms with Crippen molar-refractivity contribution in [3.63, 3.8) is 0 Å². The van der Waals surface area contributed by atoms with Crippen molar-refractivity contribution in [2.75, 3.05) is 39.6 Å². The predicted molar refractivity (Wildman–Crippen MR) is 395 cm³/mol. The van der Waals surface area contributed by atoms with E-state index in [4.69, 9.17) is 37.0 Å². The molecular formula is C78H152O17P2. The second kappa shape index (κ2) is 67.2. The van der Waals surface area contributed by atoms with E-state index in [1.54, 1.807) is 0 Å². The van der Waals surface area contributed by atoms with Crippen LogP contribution in [0.5, 0.6) is 0 Å². The van der Waals surface area contributed by atoms with E-state index in [-0.39, 0.29) is 25.7 Å². The first-order valence-electron chi connectivity index (χ1n) is 40.2. The van der Waals surface area contributed by atoms with Crippen LogP contribution < -0.4 is 0 Å². The molecule has 19 heteroatoms. The van der Waals surface area contributed by atoms with Gasteiger partial charge < -0.3 is 33.8 Å². The minimum atomic E-state index is -4.96. The molecular weight excluding hydrogens is 1270 g/mol. The average Bonchev–Trinajstić information content (AvgIpc) is 1.18. The first-order chi connectivity index (χ1) is 46.6. The standard InChI is InChI=1S/C78H152O17P2/c1-68(2)54-46-38-30-23-19-15-13-11-9-10-12-14-16-22-26-35-44-52-60-77(82)94-73(64-88-75(80)58-50-42-34-25-21-18-17-20-24-31-39-47-55-69(3)4)66-92-96(84,85)90-62-72(79)63-91-97(86,87)93-67-74(65-89-76(81)59-51-43-37-29-33-41-49-57-71(7)8)95-78(83)61-53-45-36-28-27-32-40-48-56-70(5)6/h68-74,79H,9-67H2,1-8H3,(H,84,85)(H,86,87)/t72?,73-,74-/m1/s1. The lowest BCUT2D eigenvalue weighted by Gasteiger charge is -2.21. The van der Waals surface area contributed by atoms with Gasteiger partial charge in [-0.05, 0) is 49.4 Å². The van der Waals surface area contributed by atoms with E-state index in [9.17, 15) is 43.2 Å². The van der Waals surface area contributed by atoms with Crippen LogP contribution in [-0.4, -0.2) is 96.7 Å². The number of hydrogen-bond acceptors (Lipinski definition) is 15. The first kappa shape index (κ1) is 95.1. The molecule has 0 saturated carbocycles. The summed E-state index contributed by atoms with van der Waals surface area (Å²) in [5, 5.41) is 10.6. The molecule has 0 amide bonds. The van der Waals surface area contributed by atoms with Gasteiger partial charge in [0.1, 0.15) is 19.3 Å². The van der Waals surface area contributed by atoms with Gasteiger partial charge in [0, 0.05) is 25.7 Å². The van der Waals surface area contributed by atoms with Gasteiger partial charge in [-0.3, -0.25) is 37.3 Å². The van der Waals surface area contributed by atoms with Gasteiger partial charge in [0.25, 0.3) is 0 Å². The molecule has 0 aliphatic rings. The number of phosphoric ester groups is 2. The second-order valence-corrected chi connectivity index (χ2v) is 32.9. The summed E-state index contributed by atoms with van der Waals surface area (Å²) in [5.41, 5.74) is 0. The monoisotopic (exact) mass is 1420 g/mol. The quantitative estimate of drug-likeness (QED) is 0.0222. The largest absolute Gasteiger partial charge is 0.472 e. The fourth-order valence-electron chi connectivity index (χ4n) is 11.9. The summed E-state index contributed by atoms with van der Waals surface area (Å²) in [6.07, 6.45) is 53.0. The van der Waals surface area contributed by atoms with Crippen molar-refractivity contribution in [1.29, 1.82) is 0 Å². The number of carbonyl (C=O) groups excluding carboxylic acids is 4. The predicted octanol–water partition coefficient (Wildman–Crippen LogP) is 22.8. The number of aliphatic hydroxyl groups is 1. The van der Waals surface area contributed by atoms with Crippen molar-refractivity contribution in [2.45, 2.75) is 414 Å². The summed E-state index contributed by atoms with van der Waals surface area (Å²) in [6.45, 7) is 14.2. The molecule has 0 aromatic rings. The SMILES string of the molecule is CC(C)CCCCCCCCCCCCCCCCCCCCC(=O)O[C@H](COC(=O)CCCCCCCCCCCCCCC(C)C)COP(=O)(O)OCC(O)COP(=O)(O)OC[C@@H](COC(=O)CCCCCCCCCC(C)C)OC(=O)CCCCCCCCCCC(C)C. The number of carbonyl (C=O) groups is 4. The zero-order chi connectivity index (χ0) is 71.7. The van der Waals surface area contributed by atoms with Crippen LogP contribution in [0.15, 0.2) is 0 Å². The van der Waals surface area contributed by atoms with Crippen molar-refractivity contribution in [3.8, 4) is 0 Å². The molecule has 97 heavy (non-hydrogen) atoms. The molecule has 0 bridgehead atoms. The maximum Gasteiger partial charge on any atom is 0.472 e. The smallest absolute Gasteiger partial charge is 0.462 e. The number of esters is 4. The van der Waals surface area contributed by atoms with Crippen LogP contribution in [0.4, 0.5) is 0 Å². The topological polar surface area (TPSA) is 237 Å². The van der Waals surface area contributed by atoms with Gasteiger partial charge in [-0.2, -0.15) is 0 Å². The minimum Gasteiger partial charge on any atom is -0.462 e. The number of unbranched alkanes of at least 4 members (excludes halogenated alkanes) is 41. The van der Waals surface area contributed by atoms with Crippen LogP contribution in [0.1, 0.15) is 396 Å². The Bertz CT molecular complexity index is 1900. The molecule has 0 spiro atoms. The first-order valence-corrected chi connectivity index (χ1v) is 43.2. The summed E-state index contributed by atoms with van der Waals surface area (Å²) in [6, 6.07) is 0. The van der Waals surface area contributed by atoms with Gasteiger partial charge in [-0.1, -0.05) is 344 Å². The molecule has 576 valence electrons. The van der Waals surface area contributed by atoms with Gasteiger partial charge in [-0.25, -0.2) is 9.13 Å². The fourth-order valence-corrected chi connectivity index (χ4v) is 13.5. The van der Waals surface area contributed by atoms with Gasteiger partial charge in [0.15, 0.2) is 12.2 Å². The summed E-state index contributed by atoms with van der Waals surface area (Å²) in [5.74, 6) is 0.904. The van der Waals surface area contributed by atoms with Gasteiger partial charge in [-0.15, -0.1) is 0 Å². The van der Waals surface area contributed by atoms with E-state index in [2.05, 4.69) is 55.4 Å². The van der Waals surface area contributed by atoms with Gasteiger partial charge in [0.2, 0.25) is 0 Å². The Hall–Kier alpha value is -1.94. The van der Waals surface area contributed by atoms with E-state index >= 15 is 0 Å². The highest BCUT2D eigenvalue weighted by molar-refractivity contribution is 7.47. The highest BCUT2D eigenvalue weighted by Crippen LogP contribution is 2.45. The zero-order valence-electron chi connectivity index (χ0n) is 63.7. The molecule has 3 unspecified atom stereocenters. The zero-order valence-corrected chi connectivity index (χ0v) is 65.5. The lowest BCUT2D eigenvalue weighted by Crippen LogP contribution is -2.30. The van der Waals surface area contributed by atoms with Crippen molar-refractivity contribution in [1.82, 2.24) is 0 Å². The van der Waals surface area contributed by atoms with E-state index in [1.807, 2.05) is 0 Å². The van der Waals surface area contributed by atoms with Crippen LogP contribution in [0, 0.1) is 23.7 Å². The van der Waals surface area contributed by atoms with E-state index in [0.29, 0.717) is 31.6 Å². The normalized spacial score (nSPS) is 14.1. The van der Waals surface area contributed by atoms with E-state index in [1.165, 1.54) is 193 Å². The third kappa shape index (κ3) is 72.2. The molecule has 5 atom stereocenters. The number of rotatable bonds is 75. The van der Waals surface area contributed by atoms with Crippen LogP contribution in [0.25, 0.3) is 0 Å². The molecule has 0 aromatic carbocycles. The molecule has 0 aliphatic heterocycles. The Morgan fingerprint density at radius 3 is 0.639 bits per heavy atom. The number of hydrogen-bond donors (Lipinski definition) is 3. The van der Waals surface area contributed by atoms with Crippen molar-refractivity contribution in [2.24, 2.45) is 23.7 Å². The lowest BCUT2D eigenvalue weighted by molar-refractivity contribution is -0.161. The van der Waals surface area contributed by atoms with E-state index < -0.39 is 97.5 Å². The molecule has 3 N–H and O–H groups in total. The second-order valence-electron chi connectivity index (χ2n) is 30.0. The van der Waals surface area contributed by atoms with E-state index in [0.717, 1.165) is 114 Å². The number of ether oxygens (including phenoxy) is 4. The third-order valence-corrected chi connectivity index (χ3v) is 20.0. The molecule has 0 rings (SSSR count). The molecule has 0 aliphatic carbocycles. The molecule has 0 radical (unpaired) electrons. The lowest BCUT2D eigenvalue weighted by atomic mass is 10.0. The minimum absolute atomic E-state index is 0.103. The number of phosphoric acid groups is 2. The average molecular weight is 1420 g/mol. The molecule has 0 aromatic heterocycles. The number of aliphatic hydroxyl groups excluding tert-OH is 1. The summed E-state index contributed by atoms with van der Waals surface area (Å²) >= 11 is 0. The van der Waals surface area contributed by atoms with Crippen LogP contribution in [-0.2, 0) is 65.4 Å². The Morgan fingerprint density at radius 1 is 0.258 bits per heavy atom. The van der Waals surface area contributed by atoms with Crippen molar-refractivity contribution in [3.05, 3.63) is 0 Å². The maximum atomic E-state index is 13.1. The Morgan fingerprint density at radius 2 is 0.433 bits per heavy atom. The fraction of sp³-hybridized carbons (Fsp3) is 0.949. The summed E-state index contributed by atoms with van der Waals surface area (Å²) < 4.78 is 68.5. The van der Waals surface area contributed by atoms with Gasteiger partial charge in [0.05, 0.1) is 26.4 Å². The van der Waals surface area contributed by atoms with Crippen molar-refractivity contribution >= 4 is 39.5 Å². The third-order valence-electron chi connectivity index (χ3n) is 18.1. The maximum absolute atomic E-state index is 13.1. The Labute approximate surface area is 594 Å². The highest BCUT2D eigenvalue weighted by Gasteiger charge is 2.30. The van der Waals surface area contributed by atoms with Crippen molar-refractivity contribution < 1.29 is 80.2 Å². The Kier molecular flexibility index (Phi) is 65.9. The molecule has 0 saturated heterocycles.